The van der Waals surface area contributed by atoms with Gasteiger partial charge in [0, 0.05) is 18.7 Å². The van der Waals surface area contributed by atoms with Crippen LogP contribution in [0.25, 0.3) is 11.5 Å². The smallest absolute Gasteiger partial charge is 0.289 e. The maximum Gasteiger partial charge on any atom is 0.289 e. The van der Waals surface area contributed by atoms with Gasteiger partial charge < -0.3 is 9.15 Å². The highest BCUT2D eigenvalue weighted by molar-refractivity contribution is 7.89. The first-order chi connectivity index (χ1) is 13.0. The number of rotatable bonds is 8. The van der Waals surface area contributed by atoms with Crippen LogP contribution in [0.3, 0.4) is 0 Å². The predicted molar refractivity (Wildman–Crippen MR) is 93.5 cm³/mol. The quantitative estimate of drug-likeness (QED) is 0.350. The van der Waals surface area contributed by atoms with E-state index in [1.807, 2.05) is 0 Å². The van der Waals surface area contributed by atoms with Gasteiger partial charge in [0.1, 0.15) is 12.3 Å². The summed E-state index contributed by atoms with van der Waals surface area (Å²) in [4.78, 5) is 9.81. The van der Waals surface area contributed by atoms with Crippen molar-refractivity contribution < 1.29 is 22.5 Å². The fraction of sp³-hybridized carbons (Fsp3) is 0.125. The first kappa shape index (κ1) is 18.5. The molecular formula is C16H14N4O6S. The Kier molecular flexibility index (Phi) is 5.43. The molecule has 0 atom stereocenters. The third-order valence-electron chi connectivity index (χ3n) is 3.41. The molecule has 0 bridgehead atoms. The zero-order valence-electron chi connectivity index (χ0n) is 13.8. The van der Waals surface area contributed by atoms with Crippen molar-refractivity contribution in [2.24, 2.45) is 0 Å². The molecule has 3 aromatic rings. The summed E-state index contributed by atoms with van der Waals surface area (Å²) in [7, 11) is -4.05. The second-order valence-electron chi connectivity index (χ2n) is 5.21. The van der Waals surface area contributed by atoms with Gasteiger partial charge in [-0.1, -0.05) is 12.1 Å². The molecule has 2 heterocycles. The summed E-state index contributed by atoms with van der Waals surface area (Å²) in [6, 6.07) is 11.8. The van der Waals surface area contributed by atoms with E-state index in [9.17, 15) is 18.5 Å². The average Bonchev–Trinajstić information content (AvgIpc) is 3.20. The van der Waals surface area contributed by atoms with Crippen LogP contribution in [0.4, 0.5) is 5.69 Å². The van der Waals surface area contributed by atoms with Crippen molar-refractivity contribution in [2.75, 3.05) is 13.2 Å². The number of nitrogens with one attached hydrogen (secondary N) is 1. The van der Waals surface area contributed by atoms with Crippen molar-refractivity contribution in [3.63, 3.8) is 0 Å². The van der Waals surface area contributed by atoms with Crippen LogP contribution < -0.4 is 9.46 Å². The largest absolute Gasteiger partial charge is 0.475 e. The molecule has 10 nitrogen and oxygen atoms in total. The van der Waals surface area contributed by atoms with Crippen molar-refractivity contribution in [3.8, 4) is 17.3 Å². The molecule has 0 aliphatic rings. The number of sulfonamides is 1. The molecule has 140 valence electrons. The standard InChI is InChI=1S/C16H14N4O6S/c21-20(22)13-4-1-2-6-15(13)27(23,24)17-9-11-26-16-8-7-12(18-19-16)14-5-3-10-25-14/h1-8,10,17H,9,11H2. The molecule has 27 heavy (non-hydrogen) atoms. The number of furan rings is 1. The number of para-hydroxylation sites is 1. The first-order valence-corrected chi connectivity index (χ1v) is 9.19. The molecule has 11 heteroatoms. The van der Waals surface area contributed by atoms with Crippen LogP contribution in [0.2, 0.25) is 0 Å². The van der Waals surface area contributed by atoms with E-state index in [4.69, 9.17) is 9.15 Å². The number of hydrogen-bond acceptors (Lipinski definition) is 8. The summed E-state index contributed by atoms with van der Waals surface area (Å²) in [5, 5.41) is 18.8. The van der Waals surface area contributed by atoms with Crippen LogP contribution in [0.5, 0.6) is 5.88 Å². The van der Waals surface area contributed by atoms with Gasteiger partial charge in [0.05, 0.1) is 11.2 Å². The minimum atomic E-state index is -4.05. The van der Waals surface area contributed by atoms with Crippen LogP contribution in [-0.2, 0) is 10.0 Å². The average molecular weight is 390 g/mol. The van der Waals surface area contributed by atoms with Crippen molar-refractivity contribution in [3.05, 3.63) is 64.9 Å². The molecule has 0 aliphatic heterocycles. The van der Waals surface area contributed by atoms with Crippen molar-refractivity contribution in [1.29, 1.82) is 0 Å². The van der Waals surface area contributed by atoms with E-state index in [0.717, 1.165) is 6.07 Å². The van der Waals surface area contributed by atoms with Gasteiger partial charge in [-0.3, -0.25) is 10.1 Å². The number of nitro groups is 1. The lowest BCUT2D eigenvalue weighted by molar-refractivity contribution is -0.387. The monoisotopic (exact) mass is 390 g/mol. The number of ether oxygens (including phenoxy) is 1. The molecule has 1 aromatic carbocycles. The number of hydrogen-bond donors (Lipinski definition) is 1. The molecule has 0 unspecified atom stereocenters. The minimum Gasteiger partial charge on any atom is -0.475 e. The van der Waals surface area contributed by atoms with Gasteiger partial charge in [0.25, 0.3) is 5.69 Å². The summed E-state index contributed by atoms with van der Waals surface area (Å²) < 4.78 is 37.2. The number of nitrogens with zero attached hydrogens (tertiary/aromatic N) is 3. The van der Waals surface area contributed by atoms with Crippen LogP contribution >= 0.6 is 0 Å². The lowest BCUT2D eigenvalue weighted by atomic mass is 10.3. The minimum absolute atomic E-state index is 0.0331. The van der Waals surface area contributed by atoms with E-state index in [0.29, 0.717) is 11.5 Å². The van der Waals surface area contributed by atoms with E-state index in [2.05, 4.69) is 14.9 Å². The van der Waals surface area contributed by atoms with Gasteiger partial charge in [-0.05, 0) is 24.3 Å². The Bertz CT molecular complexity index is 1020. The summed E-state index contributed by atoms with van der Waals surface area (Å²) >= 11 is 0. The number of nitro benzene ring substituents is 1. The van der Waals surface area contributed by atoms with E-state index in [-0.39, 0.29) is 19.0 Å². The first-order valence-electron chi connectivity index (χ1n) is 7.71. The summed E-state index contributed by atoms with van der Waals surface area (Å²) in [6.07, 6.45) is 1.52. The second-order valence-corrected chi connectivity index (χ2v) is 6.94. The lowest BCUT2D eigenvalue weighted by Gasteiger charge is -2.08. The topological polar surface area (TPSA) is 137 Å². The maximum absolute atomic E-state index is 12.2. The molecule has 0 saturated carbocycles. The van der Waals surface area contributed by atoms with Gasteiger partial charge in [0.15, 0.2) is 10.7 Å². The van der Waals surface area contributed by atoms with Gasteiger partial charge in [-0.2, -0.15) is 0 Å². The Labute approximate surface area is 154 Å². The van der Waals surface area contributed by atoms with Gasteiger partial charge in [-0.15, -0.1) is 10.2 Å². The van der Waals surface area contributed by atoms with E-state index < -0.39 is 25.5 Å². The predicted octanol–water partition coefficient (Wildman–Crippen LogP) is 2.00. The molecule has 0 amide bonds. The number of aromatic nitrogens is 2. The molecule has 0 fully saturated rings. The maximum atomic E-state index is 12.2. The van der Waals surface area contributed by atoms with Crippen LogP contribution in [0.15, 0.2) is 64.1 Å². The van der Waals surface area contributed by atoms with E-state index >= 15 is 0 Å². The second kappa shape index (κ2) is 7.93. The highest BCUT2D eigenvalue weighted by Gasteiger charge is 2.24. The highest BCUT2D eigenvalue weighted by atomic mass is 32.2. The van der Waals surface area contributed by atoms with E-state index in [1.54, 1.807) is 24.3 Å². The molecule has 0 aliphatic carbocycles. The normalized spacial score (nSPS) is 11.3. The zero-order valence-corrected chi connectivity index (χ0v) is 14.6. The molecule has 0 radical (unpaired) electrons. The lowest BCUT2D eigenvalue weighted by Crippen LogP contribution is -2.28. The highest BCUT2D eigenvalue weighted by Crippen LogP contribution is 2.22. The fourth-order valence-corrected chi connectivity index (χ4v) is 3.38. The fourth-order valence-electron chi connectivity index (χ4n) is 2.20. The third-order valence-corrected chi connectivity index (χ3v) is 4.92. The third kappa shape index (κ3) is 4.46. The molecule has 1 N–H and O–H groups in total. The van der Waals surface area contributed by atoms with Gasteiger partial charge in [-0.25, -0.2) is 13.1 Å². The molecule has 0 saturated heterocycles. The Morgan fingerprint density at radius 1 is 1.11 bits per heavy atom. The van der Waals surface area contributed by atoms with Crippen LogP contribution in [-0.4, -0.2) is 36.7 Å². The molecule has 0 spiro atoms. The van der Waals surface area contributed by atoms with Gasteiger partial charge >= 0.3 is 0 Å². The summed E-state index contributed by atoms with van der Waals surface area (Å²) in [5.41, 5.74) is 0.0368. The SMILES string of the molecule is O=[N+]([O-])c1ccccc1S(=O)(=O)NCCOc1ccc(-c2ccco2)nn1. The molecule has 3 rings (SSSR count). The Hall–Kier alpha value is -3.31. The summed E-state index contributed by atoms with van der Waals surface area (Å²) in [6.45, 7) is -0.134. The van der Waals surface area contributed by atoms with Gasteiger partial charge in [0.2, 0.25) is 15.9 Å². The summed E-state index contributed by atoms with van der Waals surface area (Å²) in [5.74, 6) is 0.765. The molecule has 2 aromatic heterocycles. The Morgan fingerprint density at radius 3 is 2.59 bits per heavy atom. The van der Waals surface area contributed by atoms with Crippen molar-refractivity contribution in [1.82, 2.24) is 14.9 Å². The van der Waals surface area contributed by atoms with Crippen molar-refractivity contribution >= 4 is 15.7 Å². The molecular weight excluding hydrogens is 376 g/mol. The number of benzene rings is 1. The van der Waals surface area contributed by atoms with E-state index in [1.165, 1.54) is 24.5 Å². The Balaban J connectivity index is 1.56. The van der Waals surface area contributed by atoms with Crippen molar-refractivity contribution in [2.45, 2.75) is 4.90 Å². The Morgan fingerprint density at radius 2 is 1.93 bits per heavy atom. The zero-order chi connectivity index (χ0) is 19.3. The van der Waals surface area contributed by atoms with Crippen LogP contribution in [0, 0.1) is 10.1 Å². The van der Waals surface area contributed by atoms with Crippen LogP contribution in [0.1, 0.15) is 0 Å².